The van der Waals surface area contributed by atoms with Gasteiger partial charge in [-0.1, -0.05) is 0 Å². The van der Waals surface area contributed by atoms with Crippen molar-refractivity contribution in [2.24, 2.45) is 5.14 Å². The average molecular weight is 416 g/mol. The van der Waals surface area contributed by atoms with Crippen LogP contribution in [0, 0.1) is 17.1 Å². The number of primary sulfonamides is 1. The molecule has 0 bridgehead atoms. The summed E-state index contributed by atoms with van der Waals surface area (Å²) in [6, 6.07) is 7.90. The standard InChI is InChI=1S/C19H17FN4O4S/c1-27-16-6-12(2-4-21)15(20)8-14(16)18-19(29(22,25)26)24-5-3-11(7-17(24)23-18)13-9-28-10-13/h3,5-8,13H,2,9-10H2,1H3,(H2,22,25,26). The summed E-state index contributed by atoms with van der Waals surface area (Å²) in [5.74, 6) is -0.250. The summed E-state index contributed by atoms with van der Waals surface area (Å²) in [4.78, 5) is 4.43. The Morgan fingerprint density at radius 3 is 2.76 bits per heavy atom. The van der Waals surface area contributed by atoms with Crippen LogP contribution in [-0.2, 0) is 21.2 Å². The number of nitrogens with two attached hydrogens (primary N) is 1. The molecule has 2 N–H and O–H groups in total. The Hall–Kier alpha value is -3.00. The Balaban J connectivity index is 1.98. The van der Waals surface area contributed by atoms with Gasteiger partial charge in [-0.25, -0.2) is 22.9 Å². The van der Waals surface area contributed by atoms with E-state index in [1.54, 1.807) is 18.3 Å². The fourth-order valence-corrected chi connectivity index (χ4v) is 4.19. The lowest BCUT2D eigenvalue weighted by Gasteiger charge is -2.26. The van der Waals surface area contributed by atoms with Gasteiger partial charge in [0.15, 0.2) is 5.03 Å². The monoisotopic (exact) mass is 416 g/mol. The van der Waals surface area contributed by atoms with Gasteiger partial charge in [0.05, 0.1) is 32.8 Å². The lowest BCUT2D eigenvalue weighted by molar-refractivity contribution is 0.00843. The summed E-state index contributed by atoms with van der Waals surface area (Å²) in [6.07, 6.45) is 1.43. The van der Waals surface area contributed by atoms with E-state index in [2.05, 4.69) is 4.98 Å². The zero-order chi connectivity index (χ0) is 20.8. The van der Waals surface area contributed by atoms with Crippen molar-refractivity contribution in [3.8, 4) is 23.1 Å². The van der Waals surface area contributed by atoms with E-state index in [9.17, 15) is 12.8 Å². The van der Waals surface area contributed by atoms with E-state index < -0.39 is 15.8 Å². The number of nitrogens with zero attached hydrogens (tertiary/aromatic N) is 3. The molecule has 3 heterocycles. The van der Waals surface area contributed by atoms with Crippen molar-refractivity contribution in [3.63, 3.8) is 0 Å². The number of hydrogen-bond donors (Lipinski definition) is 1. The number of hydrogen-bond acceptors (Lipinski definition) is 6. The number of rotatable bonds is 5. The molecule has 2 aromatic heterocycles. The van der Waals surface area contributed by atoms with Gasteiger partial charge in [0.25, 0.3) is 10.0 Å². The number of nitriles is 1. The van der Waals surface area contributed by atoms with E-state index >= 15 is 0 Å². The summed E-state index contributed by atoms with van der Waals surface area (Å²) in [7, 11) is -2.83. The van der Waals surface area contributed by atoms with Crippen LogP contribution in [0.25, 0.3) is 16.9 Å². The van der Waals surface area contributed by atoms with Crippen LogP contribution >= 0.6 is 0 Å². The van der Waals surface area contributed by atoms with Crippen LogP contribution < -0.4 is 9.88 Å². The van der Waals surface area contributed by atoms with E-state index in [1.165, 1.54) is 17.6 Å². The molecule has 8 nitrogen and oxygen atoms in total. The highest BCUT2D eigenvalue weighted by atomic mass is 32.2. The van der Waals surface area contributed by atoms with Gasteiger partial charge in [-0.3, -0.25) is 4.40 Å². The lowest BCUT2D eigenvalue weighted by Crippen LogP contribution is -2.25. The summed E-state index contributed by atoms with van der Waals surface area (Å²) < 4.78 is 51.1. The second-order valence-electron chi connectivity index (χ2n) is 6.71. The van der Waals surface area contributed by atoms with Gasteiger partial charge in [-0.05, 0) is 29.8 Å². The molecule has 0 saturated carbocycles. The lowest BCUT2D eigenvalue weighted by atomic mass is 9.99. The van der Waals surface area contributed by atoms with E-state index in [0.29, 0.717) is 18.9 Å². The molecule has 4 rings (SSSR count). The van der Waals surface area contributed by atoms with Gasteiger partial charge in [-0.15, -0.1) is 0 Å². The highest BCUT2D eigenvalue weighted by Crippen LogP contribution is 2.37. The summed E-state index contributed by atoms with van der Waals surface area (Å²) >= 11 is 0. The quantitative estimate of drug-likeness (QED) is 0.679. The van der Waals surface area contributed by atoms with Crippen molar-refractivity contribution < 1.29 is 22.3 Å². The Bertz CT molecular complexity index is 1260. The second-order valence-corrected chi connectivity index (χ2v) is 8.19. The zero-order valence-electron chi connectivity index (χ0n) is 15.4. The molecule has 1 aliphatic heterocycles. The van der Waals surface area contributed by atoms with Crippen LogP contribution in [0.4, 0.5) is 4.39 Å². The maximum absolute atomic E-state index is 14.5. The summed E-state index contributed by atoms with van der Waals surface area (Å²) in [6.45, 7) is 1.18. The van der Waals surface area contributed by atoms with Crippen molar-refractivity contribution in [1.82, 2.24) is 9.38 Å². The normalized spacial score (nSPS) is 14.6. The number of ether oxygens (including phenoxy) is 2. The fraction of sp³-hybridized carbons (Fsp3) is 0.263. The largest absolute Gasteiger partial charge is 0.496 e. The van der Waals surface area contributed by atoms with Crippen molar-refractivity contribution >= 4 is 15.7 Å². The number of halogens is 1. The van der Waals surface area contributed by atoms with Gasteiger partial charge in [0.1, 0.15) is 22.9 Å². The molecule has 1 saturated heterocycles. The van der Waals surface area contributed by atoms with Crippen molar-refractivity contribution in [2.45, 2.75) is 17.4 Å². The van der Waals surface area contributed by atoms with Crippen molar-refractivity contribution in [1.29, 1.82) is 5.26 Å². The number of methoxy groups -OCH3 is 1. The third-order valence-corrected chi connectivity index (χ3v) is 5.81. The number of benzene rings is 1. The third-order valence-electron chi connectivity index (χ3n) is 4.88. The fourth-order valence-electron chi connectivity index (χ4n) is 3.34. The van der Waals surface area contributed by atoms with Crippen LogP contribution in [-0.4, -0.2) is 38.1 Å². The van der Waals surface area contributed by atoms with Crippen LogP contribution in [0.1, 0.15) is 17.0 Å². The molecule has 1 fully saturated rings. The molecule has 0 amide bonds. The smallest absolute Gasteiger partial charge is 0.256 e. The molecule has 10 heteroatoms. The van der Waals surface area contributed by atoms with E-state index in [0.717, 1.165) is 11.6 Å². The van der Waals surface area contributed by atoms with Gasteiger partial charge in [0.2, 0.25) is 0 Å². The molecule has 0 aliphatic carbocycles. The molecule has 0 radical (unpaired) electrons. The summed E-state index contributed by atoms with van der Waals surface area (Å²) in [5, 5.41) is 14.1. The highest BCUT2D eigenvalue weighted by molar-refractivity contribution is 7.89. The second kappa shape index (κ2) is 7.11. The number of aromatic nitrogens is 2. The molecular formula is C19H17FN4O4S. The SMILES string of the molecule is COc1cc(CC#N)c(F)cc1-c1nc2cc(C3COC3)ccn2c1S(N)(=O)=O. The maximum atomic E-state index is 14.5. The third kappa shape index (κ3) is 3.33. The van der Waals surface area contributed by atoms with E-state index in [4.69, 9.17) is 19.9 Å². The molecule has 1 aromatic carbocycles. The average Bonchev–Trinajstić information content (AvgIpc) is 3.00. The summed E-state index contributed by atoms with van der Waals surface area (Å²) in [5.41, 5.74) is 1.57. The first kappa shape index (κ1) is 19.3. The molecule has 29 heavy (non-hydrogen) atoms. The minimum atomic E-state index is -4.20. The predicted molar refractivity (Wildman–Crippen MR) is 101 cm³/mol. The predicted octanol–water partition coefficient (Wildman–Crippen LogP) is 1.98. The Morgan fingerprint density at radius 1 is 1.41 bits per heavy atom. The first-order valence-corrected chi connectivity index (χ1v) is 10.2. The van der Waals surface area contributed by atoms with Crippen LogP contribution in [0.15, 0.2) is 35.5 Å². The van der Waals surface area contributed by atoms with Crippen molar-refractivity contribution in [2.75, 3.05) is 20.3 Å². The van der Waals surface area contributed by atoms with E-state index in [-0.39, 0.29) is 39.9 Å². The minimum absolute atomic E-state index is 0.0197. The topological polar surface area (TPSA) is 120 Å². The van der Waals surface area contributed by atoms with Gasteiger partial charge in [0, 0.05) is 23.2 Å². The van der Waals surface area contributed by atoms with Crippen LogP contribution in [0.5, 0.6) is 5.75 Å². The molecule has 0 atom stereocenters. The number of imidazole rings is 1. The van der Waals surface area contributed by atoms with Gasteiger partial charge < -0.3 is 9.47 Å². The number of pyridine rings is 1. The Morgan fingerprint density at radius 2 is 2.17 bits per heavy atom. The number of fused-ring (bicyclic) bond motifs is 1. The molecule has 150 valence electrons. The molecule has 3 aromatic rings. The van der Waals surface area contributed by atoms with Crippen LogP contribution in [0.2, 0.25) is 0 Å². The van der Waals surface area contributed by atoms with Crippen LogP contribution in [0.3, 0.4) is 0 Å². The zero-order valence-corrected chi connectivity index (χ0v) is 16.2. The highest BCUT2D eigenvalue weighted by Gasteiger charge is 2.28. The number of sulfonamides is 1. The minimum Gasteiger partial charge on any atom is -0.496 e. The Labute approximate surface area is 166 Å². The molecule has 1 aliphatic rings. The maximum Gasteiger partial charge on any atom is 0.256 e. The van der Waals surface area contributed by atoms with Gasteiger partial charge in [-0.2, -0.15) is 5.26 Å². The first-order valence-electron chi connectivity index (χ1n) is 8.69. The van der Waals surface area contributed by atoms with E-state index in [1.807, 2.05) is 6.07 Å². The molecule has 0 unspecified atom stereocenters. The molecular weight excluding hydrogens is 399 g/mol. The van der Waals surface area contributed by atoms with Crippen molar-refractivity contribution in [3.05, 3.63) is 47.4 Å². The Kier molecular flexibility index (Phi) is 4.74. The molecule has 0 spiro atoms. The first-order chi connectivity index (χ1) is 13.8. The van der Waals surface area contributed by atoms with Gasteiger partial charge >= 0.3 is 0 Å².